The summed E-state index contributed by atoms with van der Waals surface area (Å²) < 4.78 is 10.0. The molecule has 100 valence electrons. The smallest absolute Gasteiger partial charge is 0.358 e. The summed E-state index contributed by atoms with van der Waals surface area (Å²) >= 11 is 1.41. The quantitative estimate of drug-likeness (QED) is 0.805. The fraction of sp³-hybridized carbons (Fsp3) is 0.308. The van der Waals surface area contributed by atoms with Gasteiger partial charge in [0.2, 0.25) is 5.88 Å². The second-order valence-electron chi connectivity index (χ2n) is 3.71. The van der Waals surface area contributed by atoms with Crippen LogP contribution in [0.5, 0.6) is 5.88 Å². The van der Waals surface area contributed by atoms with Crippen molar-refractivity contribution in [2.24, 2.45) is 0 Å². The Morgan fingerprint density at radius 2 is 2.16 bits per heavy atom. The minimum atomic E-state index is -0.398. The molecule has 2 aromatic rings. The topological polar surface area (TPSA) is 61.3 Å². The van der Waals surface area contributed by atoms with Crippen LogP contribution in [0, 0.1) is 6.92 Å². The van der Waals surface area contributed by atoms with E-state index in [1.807, 2.05) is 19.1 Å². The van der Waals surface area contributed by atoms with Crippen LogP contribution in [0.15, 0.2) is 18.2 Å². The van der Waals surface area contributed by atoms with Crippen molar-refractivity contribution in [3.8, 4) is 16.6 Å². The summed E-state index contributed by atoms with van der Waals surface area (Å²) in [6.07, 6.45) is 0. The molecule has 2 aromatic heterocycles. The third-order valence-electron chi connectivity index (χ3n) is 2.42. The van der Waals surface area contributed by atoms with Crippen molar-refractivity contribution in [3.05, 3.63) is 28.8 Å². The van der Waals surface area contributed by atoms with E-state index in [0.717, 1.165) is 4.88 Å². The Balaban J connectivity index is 2.36. The van der Waals surface area contributed by atoms with Crippen LogP contribution in [0.3, 0.4) is 0 Å². The molecule has 0 unspecified atom stereocenters. The van der Waals surface area contributed by atoms with Gasteiger partial charge in [0.25, 0.3) is 0 Å². The first kappa shape index (κ1) is 13.5. The van der Waals surface area contributed by atoms with E-state index < -0.39 is 5.97 Å². The van der Waals surface area contributed by atoms with Gasteiger partial charge in [0.05, 0.1) is 13.7 Å². The highest BCUT2D eigenvalue weighted by atomic mass is 32.1. The normalized spacial score (nSPS) is 10.3. The molecule has 19 heavy (non-hydrogen) atoms. The van der Waals surface area contributed by atoms with Crippen LogP contribution in [0.25, 0.3) is 10.7 Å². The molecule has 5 nitrogen and oxygen atoms in total. The summed E-state index contributed by atoms with van der Waals surface area (Å²) in [6.45, 7) is 3.94. The van der Waals surface area contributed by atoms with E-state index in [-0.39, 0.29) is 0 Å². The van der Waals surface area contributed by atoms with Gasteiger partial charge in [-0.25, -0.2) is 14.8 Å². The highest BCUT2D eigenvalue weighted by Gasteiger charge is 2.17. The summed E-state index contributed by atoms with van der Waals surface area (Å²) in [5.74, 6) is 0.119. The number of methoxy groups -OCH3 is 1. The first-order chi connectivity index (χ1) is 9.15. The minimum Gasteiger partial charge on any atom is -0.481 e. The first-order valence-corrected chi connectivity index (χ1v) is 6.63. The maximum Gasteiger partial charge on any atom is 0.358 e. The number of pyridine rings is 1. The van der Waals surface area contributed by atoms with Gasteiger partial charge in [-0.05, 0) is 19.9 Å². The molecule has 0 fully saturated rings. The molecule has 0 spiro atoms. The van der Waals surface area contributed by atoms with Gasteiger partial charge in [-0.1, -0.05) is 6.07 Å². The maximum atomic E-state index is 11.7. The lowest BCUT2D eigenvalue weighted by Crippen LogP contribution is -2.06. The Morgan fingerprint density at radius 1 is 1.37 bits per heavy atom. The average molecular weight is 278 g/mol. The van der Waals surface area contributed by atoms with Gasteiger partial charge in [0.15, 0.2) is 5.69 Å². The molecule has 2 heterocycles. The summed E-state index contributed by atoms with van der Waals surface area (Å²) in [6, 6.07) is 5.42. The molecule has 0 amide bonds. The molecule has 0 aliphatic rings. The largest absolute Gasteiger partial charge is 0.481 e. The van der Waals surface area contributed by atoms with Crippen molar-refractivity contribution in [1.29, 1.82) is 0 Å². The zero-order valence-corrected chi connectivity index (χ0v) is 11.8. The molecule has 0 saturated heterocycles. The van der Waals surface area contributed by atoms with Crippen LogP contribution in [-0.2, 0) is 4.74 Å². The van der Waals surface area contributed by atoms with Gasteiger partial charge < -0.3 is 9.47 Å². The van der Waals surface area contributed by atoms with Gasteiger partial charge >= 0.3 is 5.97 Å². The number of nitrogens with zero attached hydrogens (tertiary/aromatic N) is 2. The van der Waals surface area contributed by atoms with Crippen LogP contribution < -0.4 is 4.74 Å². The lowest BCUT2D eigenvalue weighted by molar-refractivity contribution is 0.0519. The van der Waals surface area contributed by atoms with E-state index in [1.54, 1.807) is 20.1 Å². The van der Waals surface area contributed by atoms with Crippen LogP contribution in [-0.4, -0.2) is 29.7 Å². The zero-order valence-electron chi connectivity index (χ0n) is 11.0. The Bertz CT molecular complexity index is 595. The van der Waals surface area contributed by atoms with Crippen molar-refractivity contribution in [2.45, 2.75) is 13.8 Å². The molecule has 0 radical (unpaired) electrons. The number of hydrogen-bond donors (Lipinski definition) is 0. The summed E-state index contributed by atoms with van der Waals surface area (Å²) in [4.78, 5) is 21.1. The number of hydrogen-bond acceptors (Lipinski definition) is 6. The predicted octanol–water partition coefficient (Wildman–Crippen LogP) is 2.70. The zero-order chi connectivity index (χ0) is 13.8. The monoisotopic (exact) mass is 278 g/mol. The van der Waals surface area contributed by atoms with E-state index in [0.29, 0.717) is 28.9 Å². The van der Waals surface area contributed by atoms with Gasteiger partial charge in [-0.3, -0.25) is 0 Å². The lowest BCUT2D eigenvalue weighted by Gasteiger charge is -2.00. The van der Waals surface area contributed by atoms with Crippen LogP contribution in [0.4, 0.5) is 0 Å². The number of ether oxygens (including phenoxy) is 2. The second kappa shape index (κ2) is 5.79. The Morgan fingerprint density at radius 3 is 2.84 bits per heavy atom. The molecule has 2 rings (SSSR count). The Hall–Kier alpha value is -1.95. The molecule has 0 N–H and O–H groups in total. The van der Waals surface area contributed by atoms with E-state index >= 15 is 0 Å². The number of carbonyl (C=O) groups excluding carboxylic acids is 1. The van der Waals surface area contributed by atoms with Crippen molar-refractivity contribution in [3.63, 3.8) is 0 Å². The third kappa shape index (κ3) is 2.90. The molecular formula is C13H14N2O3S. The molecule has 0 saturated carbocycles. The summed E-state index contributed by atoms with van der Waals surface area (Å²) in [5, 5.41) is 0.680. The van der Waals surface area contributed by atoms with Gasteiger partial charge in [-0.15, -0.1) is 11.3 Å². The highest BCUT2D eigenvalue weighted by molar-refractivity contribution is 7.15. The van der Waals surface area contributed by atoms with E-state index in [2.05, 4.69) is 9.97 Å². The minimum absolute atomic E-state index is 0.336. The third-order valence-corrected chi connectivity index (χ3v) is 3.41. The molecule has 0 atom stereocenters. The number of thiazole rings is 1. The predicted molar refractivity (Wildman–Crippen MR) is 72.6 cm³/mol. The molecule has 0 aliphatic heterocycles. The molecule has 0 aliphatic carbocycles. The van der Waals surface area contributed by atoms with Crippen molar-refractivity contribution in [2.75, 3.05) is 13.7 Å². The molecule has 0 aromatic carbocycles. The van der Waals surface area contributed by atoms with Gasteiger partial charge in [0.1, 0.15) is 10.7 Å². The van der Waals surface area contributed by atoms with Gasteiger partial charge in [-0.2, -0.15) is 0 Å². The number of rotatable bonds is 4. The van der Waals surface area contributed by atoms with Gasteiger partial charge in [0, 0.05) is 10.9 Å². The second-order valence-corrected chi connectivity index (χ2v) is 4.91. The maximum absolute atomic E-state index is 11.7. The first-order valence-electron chi connectivity index (χ1n) is 5.81. The number of esters is 1. The molecule has 0 bridgehead atoms. The van der Waals surface area contributed by atoms with E-state index in [9.17, 15) is 4.79 Å². The fourth-order valence-corrected chi connectivity index (χ4v) is 2.41. The Kier molecular flexibility index (Phi) is 4.11. The molecular weight excluding hydrogens is 264 g/mol. The van der Waals surface area contributed by atoms with Crippen LogP contribution >= 0.6 is 11.3 Å². The van der Waals surface area contributed by atoms with Crippen molar-refractivity contribution < 1.29 is 14.3 Å². The van der Waals surface area contributed by atoms with E-state index in [4.69, 9.17) is 9.47 Å². The SMILES string of the molecule is CCOC(=O)c1nc(-c2cccc(OC)n2)sc1C. The average Bonchev–Trinajstić information content (AvgIpc) is 2.81. The van der Waals surface area contributed by atoms with E-state index in [1.165, 1.54) is 11.3 Å². The Labute approximate surface area is 115 Å². The standard InChI is InChI=1S/C13H14N2O3S/c1-4-18-13(16)11-8(2)19-12(15-11)9-6-5-7-10(14-9)17-3/h5-7H,4H2,1-3H3. The number of carbonyl (C=O) groups is 1. The summed E-state index contributed by atoms with van der Waals surface area (Å²) in [5.41, 5.74) is 1.04. The van der Waals surface area contributed by atoms with Crippen LogP contribution in [0.2, 0.25) is 0 Å². The lowest BCUT2D eigenvalue weighted by atomic mass is 10.3. The molecule has 6 heteroatoms. The highest BCUT2D eigenvalue weighted by Crippen LogP contribution is 2.27. The van der Waals surface area contributed by atoms with Crippen molar-refractivity contribution in [1.82, 2.24) is 9.97 Å². The van der Waals surface area contributed by atoms with Crippen LogP contribution in [0.1, 0.15) is 22.3 Å². The fourth-order valence-electron chi connectivity index (χ4n) is 1.54. The summed E-state index contributed by atoms with van der Waals surface area (Å²) in [7, 11) is 1.56. The number of aromatic nitrogens is 2. The van der Waals surface area contributed by atoms with Crippen molar-refractivity contribution >= 4 is 17.3 Å². The number of aryl methyl sites for hydroxylation is 1.